The molecule has 66 valence electrons. The standard InChI is InChI=1S/C6H6N6O/c1-13-5-3-2-4(7-8-5)6-9-11-12-10-6/h2-3H,1H3,(H,9,10,11,12). The van der Waals surface area contributed by atoms with Crippen LogP contribution < -0.4 is 4.74 Å². The summed E-state index contributed by atoms with van der Waals surface area (Å²) in [6.45, 7) is 0. The molecule has 7 nitrogen and oxygen atoms in total. The molecule has 1 N–H and O–H groups in total. The summed E-state index contributed by atoms with van der Waals surface area (Å²) in [7, 11) is 1.53. The van der Waals surface area contributed by atoms with Crippen molar-refractivity contribution in [3.63, 3.8) is 0 Å². The van der Waals surface area contributed by atoms with E-state index in [9.17, 15) is 0 Å². The van der Waals surface area contributed by atoms with Crippen LogP contribution in [0.25, 0.3) is 11.5 Å². The van der Waals surface area contributed by atoms with Crippen molar-refractivity contribution in [2.45, 2.75) is 0 Å². The molecule has 0 radical (unpaired) electrons. The normalized spacial score (nSPS) is 9.92. The summed E-state index contributed by atoms with van der Waals surface area (Å²) in [5.74, 6) is 0.863. The highest BCUT2D eigenvalue weighted by Crippen LogP contribution is 2.10. The zero-order valence-corrected chi connectivity index (χ0v) is 6.80. The van der Waals surface area contributed by atoms with Gasteiger partial charge in [0.2, 0.25) is 11.7 Å². The third-order valence-electron chi connectivity index (χ3n) is 1.42. The minimum atomic E-state index is 0.412. The van der Waals surface area contributed by atoms with Crippen molar-refractivity contribution in [2.24, 2.45) is 0 Å². The number of aromatic nitrogens is 6. The third kappa shape index (κ3) is 1.43. The lowest BCUT2D eigenvalue weighted by Crippen LogP contribution is -1.93. The molecule has 2 rings (SSSR count). The van der Waals surface area contributed by atoms with Gasteiger partial charge in [-0.15, -0.1) is 20.4 Å². The number of hydrogen-bond acceptors (Lipinski definition) is 6. The second-order valence-electron chi connectivity index (χ2n) is 2.20. The number of rotatable bonds is 2. The number of aromatic amines is 1. The van der Waals surface area contributed by atoms with Crippen LogP contribution in [-0.2, 0) is 0 Å². The Kier molecular flexibility index (Phi) is 1.83. The Hall–Kier alpha value is -2.05. The molecular formula is C6H6N6O. The van der Waals surface area contributed by atoms with Crippen molar-refractivity contribution in [3.05, 3.63) is 12.1 Å². The molecule has 0 aliphatic heterocycles. The predicted octanol–water partition coefficient (Wildman–Crippen LogP) is -0.335. The zero-order valence-electron chi connectivity index (χ0n) is 6.80. The van der Waals surface area contributed by atoms with E-state index >= 15 is 0 Å². The van der Waals surface area contributed by atoms with Gasteiger partial charge in [0.1, 0.15) is 5.69 Å². The summed E-state index contributed by atoms with van der Waals surface area (Å²) < 4.78 is 4.85. The Morgan fingerprint density at radius 2 is 2.15 bits per heavy atom. The fourth-order valence-electron chi connectivity index (χ4n) is 0.818. The Morgan fingerprint density at radius 1 is 1.23 bits per heavy atom. The maximum absolute atomic E-state index is 4.85. The van der Waals surface area contributed by atoms with Gasteiger partial charge in [-0.3, -0.25) is 0 Å². The van der Waals surface area contributed by atoms with Gasteiger partial charge < -0.3 is 4.74 Å². The van der Waals surface area contributed by atoms with Crippen LogP contribution >= 0.6 is 0 Å². The van der Waals surface area contributed by atoms with Crippen molar-refractivity contribution < 1.29 is 4.74 Å². The highest BCUT2D eigenvalue weighted by atomic mass is 16.5. The molecule has 0 saturated heterocycles. The van der Waals surface area contributed by atoms with Crippen LogP contribution in [0.1, 0.15) is 0 Å². The van der Waals surface area contributed by atoms with Crippen LogP contribution in [0.15, 0.2) is 12.1 Å². The fourth-order valence-corrected chi connectivity index (χ4v) is 0.818. The topological polar surface area (TPSA) is 89.5 Å². The first-order valence-corrected chi connectivity index (χ1v) is 3.51. The Labute approximate surface area is 73.1 Å². The molecule has 0 fully saturated rings. The molecule has 0 spiro atoms. The van der Waals surface area contributed by atoms with E-state index in [1.54, 1.807) is 12.1 Å². The lowest BCUT2D eigenvalue weighted by Gasteiger charge is -1.95. The van der Waals surface area contributed by atoms with E-state index in [4.69, 9.17) is 4.74 Å². The molecule has 2 aromatic heterocycles. The van der Waals surface area contributed by atoms with Crippen LogP contribution in [-0.4, -0.2) is 37.9 Å². The third-order valence-corrected chi connectivity index (χ3v) is 1.42. The predicted molar refractivity (Wildman–Crippen MR) is 41.8 cm³/mol. The lowest BCUT2D eigenvalue weighted by atomic mass is 10.4. The summed E-state index contributed by atoms with van der Waals surface area (Å²) >= 11 is 0. The highest BCUT2D eigenvalue weighted by Gasteiger charge is 2.04. The number of methoxy groups -OCH3 is 1. The average molecular weight is 178 g/mol. The quantitative estimate of drug-likeness (QED) is 0.676. The molecule has 2 heterocycles. The number of nitrogens with one attached hydrogen (secondary N) is 1. The molecule has 0 aliphatic carbocycles. The van der Waals surface area contributed by atoms with E-state index in [-0.39, 0.29) is 0 Å². The van der Waals surface area contributed by atoms with Crippen molar-refractivity contribution in [1.82, 2.24) is 30.8 Å². The van der Waals surface area contributed by atoms with Gasteiger partial charge in [0.25, 0.3) is 0 Å². The average Bonchev–Trinajstić information content (AvgIpc) is 2.71. The number of hydrogen-bond donors (Lipinski definition) is 1. The van der Waals surface area contributed by atoms with Crippen LogP contribution in [0.3, 0.4) is 0 Å². The van der Waals surface area contributed by atoms with Gasteiger partial charge in [-0.05, 0) is 11.3 Å². The van der Waals surface area contributed by atoms with E-state index < -0.39 is 0 Å². The molecule has 2 aromatic rings. The molecular weight excluding hydrogens is 172 g/mol. The van der Waals surface area contributed by atoms with Crippen molar-refractivity contribution >= 4 is 0 Å². The van der Waals surface area contributed by atoms with Crippen LogP contribution in [0.5, 0.6) is 5.88 Å². The lowest BCUT2D eigenvalue weighted by molar-refractivity contribution is 0.392. The highest BCUT2D eigenvalue weighted by molar-refractivity contribution is 5.46. The monoisotopic (exact) mass is 178 g/mol. The minimum absolute atomic E-state index is 0.412. The molecule has 0 aliphatic rings. The van der Waals surface area contributed by atoms with Gasteiger partial charge in [0.15, 0.2) is 0 Å². The number of H-pyrrole nitrogens is 1. The van der Waals surface area contributed by atoms with Gasteiger partial charge >= 0.3 is 0 Å². The summed E-state index contributed by atoms with van der Waals surface area (Å²) in [6, 6.07) is 3.38. The number of nitrogens with zero attached hydrogens (tertiary/aromatic N) is 5. The van der Waals surface area contributed by atoms with Crippen molar-refractivity contribution in [2.75, 3.05) is 7.11 Å². The minimum Gasteiger partial charge on any atom is -0.480 e. The van der Waals surface area contributed by atoms with Crippen molar-refractivity contribution in [1.29, 1.82) is 0 Å². The zero-order chi connectivity index (χ0) is 9.10. The summed E-state index contributed by atoms with van der Waals surface area (Å²) in [6.07, 6.45) is 0. The summed E-state index contributed by atoms with van der Waals surface area (Å²) in [5.41, 5.74) is 0.551. The SMILES string of the molecule is COc1ccc(-c2nn[nH]n2)nn1. The Bertz CT molecular complexity index is 369. The number of ether oxygens (including phenoxy) is 1. The van der Waals surface area contributed by atoms with Gasteiger partial charge in [0, 0.05) is 6.07 Å². The maximum atomic E-state index is 4.85. The molecule has 7 heteroatoms. The van der Waals surface area contributed by atoms with E-state index in [0.717, 1.165) is 0 Å². The molecule has 13 heavy (non-hydrogen) atoms. The maximum Gasteiger partial charge on any atom is 0.233 e. The van der Waals surface area contributed by atoms with E-state index in [0.29, 0.717) is 17.4 Å². The number of tetrazole rings is 1. The van der Waals surface area contributed by atoms with Crippen LogP contribution in [0.2, 0.25) is 0 Å². The van der Waals surface area contributed by atoms with Crippen molar-refractivity contribution in [3.8, 4) is 17.4 Å². The van der Waals surface area contributed by atoms with E-state index in [1.165, 1.54) is 7.11 Å². The Balaban J connectivity index is 2.33. The van der Waals surface area contributed by atoms with E-state index in [1.807, 2.05) is 0 Å². The smallest absolute Gasteiger partial charge is 0.233 e. The molecule has 0 atom stereocenters. The van der Waals surface area contributed by atoms with Crippen LogP contribution in [0.4, 0.5) is 0 Å². The first-order valence-electron chi connectivity index (χ1n) is 3.51. The largest absolute Gasteiger partial charge is 0.480 e. The molecule has 0 aromatic carbocycles. The molecule has 0 bridgehead atoms. The second kappa shape index (κ2) is 3.13. The van der Waals surface area contributed by atoms with Gasteiger partial charge in [-0.1, -0.05) is 0 Å². The van der Waals surface area contributed by atoms with Gasteiger partial charge in [-0.25, -0.2) is 0 Å². The fraction of sp³-hybridized carbons (Fsp3) is 0.167. The molecule has 0 unspecified atom stereocenters. The second-order valence-corrected chi connectivity index (χ2v) is 2.20. The molecule has 0 saturated carbocycles. The van der Waals surface area contributed by atoms with Gasteiger partial charge in [-0.2, -0.15) is 5.21 Å². The summed E-state index contributed by atoms with van der Waals surface area (Å²) in [5, 5.41) is 20.8. The Morgan fingerprint density at radius 3 is 2.69 bits per heavy atom. The molecule has 0 amide bonds. The van der Waals surface area contributed by atoms with Gasteiger partial charge in [0.05, 0.1) is 7.11 Å². The summed E-state index contributed by atoms with van der Waals surface area (Å²) in [4.78, 5) is 0. The first-order chi connectivity index (χ1) is 6.40. The van der Waals surface area contributed by atoms with Crippen LogP contribution in [0, 0.1) is 0 Å². The first kappa shape index (κ1) is 7.59. The van der Waals surface area contributed by atoms with E-state index in [2.05, 4.69) is 30.8 Å².